The van der Waals surface area contributed by atoms with Crippen molar-refractivity contribution in [2.75, 3.05) is 33.7 Å². The van der Waals surface area contributed by atoms with Crippen molar-refractivity contribution in [3.8, 4) is 0 Å². The summed E-state index contributed by atoms with van der Waals surface area (Å²) in [5, 5.41) is 5.65. The maximum atomic E-state index is 13.3. The van der Waals surface area contributed by atoms with Gasteiger partial charge in [0, 0.05) is 6.54 Å². The standard InChI is InChI=1S/C9H18FN3O/c1-13(2)6-9(14)12-8-3-4-11-5-7(8)10/h7-8,11H,3-6H2,1-2H3,(H,12,14). The predicted octanol–water partition coefficient (Wildman–Crippen LogP) is -0.636. The lowest BCUT2D eigenvalue weighted by Crippen LogP contribution is -2.52. The molecule has 2 N–H and O–H groups in total. The Morgan fingerprint density at radius 2 is 2.36 bits per heavy atom. The molecule has 0 bridgehead atoms. The lowest BCUT2D eigenvalue weighted by molar-refractivity contribution is -0.123. The van der Waals surface area contributed by atoms with Gasteiger partial charge in [-0.05, 0) is 27.1 Å². The maximum Gasteiger partial charge on any atom is 0.234 e. The summed E-state index contributed by atoms with van der Waals surface area (Å²) < 4.78 is 13.3. The van der Waals surface area contributed by atoms with E-state index in [2.05, 4.69) is 10.6 Å². The van der Waals surface area contributed by atoms with Crippen LogP contribution in [0.3, 0.4) is 0 Å². The lowest BCUT2D eigenvalue weighted by Gasteiger charge is -2.27. The molecular weight excluding hydrogens is 185 g/mol. The number of piperidine rings is 1. The number of hydrogen-bond donors (Lipinski definition) is 2. The Balaban J connectivity index is 2.31. The van der Waals surface area contributed by atoms with Gasteiger partial charge in [0.15, 0.2) is 0 Å². The molecule has 1 saturated heterocycles. The molecule has 1 aliphatic heterocycles. The van der Waals surface area contributed by atoms with Gasteiger partial charge < -0.3 is 15.5 Å². The molecule has 82 valence electrons. The minimum absolute atomic E-state index is 0.107. The van der Waals surface area contributed by atoms with E-state index in [-0.39, 0.29) is 11.9 Å². The normalized spacial score (nSPS) is 27.7. The molecule has 1 amide bonds. The third kappa shape index (κ3) is 3.59. The van der Waals surface area contributed by atoms with E-state index in [1.165, 1.54) is 0 Å². The number of likely N-dealkylation sites (N-methyl/N-ethyl adjacent to an activating group) is 1. The molecule has 0 aliphatic carbocycles. The number of halogens is 1. The second-order valence-electron chi connectivity index (χ2n) is 3.92. The summed E-state index contributed by atoms with van der Waals surface area (Å²) >= 11 is 0. The van der Waals surface area contributed by atoms with Crippen molar-refractivity contribution in [1.82, 2.24) is 15.5 Å². The molecule has 5 heteroatoms. The Labute approximate surface area is 83.8 Å². The summed E-state index contributed by atoms with van der Waals surface area (Å²) in [6.45, 7) is 1.43. The molecule has 4 nitrogen and oxygen atoms in total. The highest BCUT2D eigenvalue weighted by molar-refractivity contribution is 5.78. The van der Waals surface area contributed by atoms with E-state index in [1.807, 2.05) is 14.1 Å². The fourth-order valence-electron chi connectivity index (χ4n) is 1.52. The Hall–Kier alpha value is -0.680. The first-order valence-electron chi connectivity index (χ1n) is 4.88. The monoisotopic (exact) mass is 203 g/mol. The fraction of sp³-hybridized carbons (Fsp3) is 0.889. The maximum absolute atomic E-state index is 13.3. The van der Waals surface area contributed by atoms with Crippen molar-refractivity contribution < 1.29 is 9.18 Å². The number of nitrogens with one attached hydrogen (secondary N) is 2. The number of rotatable bonds is 3. The average molecular weight is 203 g/mol. The molecule has 1 aliphatic rings. The molecule has 0 spiro atoms. The van der Waals surface area contributed by atoms with E-state index >= 15 is 0 Å². The van der Waals surface area contributed by atoms with Gasteiger partial charge in [-0.2, -0.15) is 0 Å². The van der Waals surface area contributed by atoms with Crippen molar-refractivity contribution in [3.05, 3.63) is 0 Å². The number of hydrogen-bond acceptors (Lipinski definition) is 3. The highest BCUT2D eigenvalue weighted by atomic mass is 19.1. The van der Waals surface area contributed by atoms with E-state index in [1.54, 1.807) is 4.90 Å². The number of nitrogens with zero attached hydrogens (tertiary/aromatic N) is 1. The molecule has 0 aromatic heterocycles. The third-order valence-electron chi connectivity index (χ3n) is 2.21. The zero-order valence-electron chi connectivity index (χ0n) is 8.72. The molecule has 1 fully saturated rings. The zero-order valence-corrected chi connectivity index (χ0v) is 8.72. The van der Waals surface area contributed by atoms with Gasteiger partial charge in [0.05, 0.1) is 12.6 Å². The van der Waals surface area contributed by atoms with Gasteiger partial charge in [0.2, 0.25) is 5.91 Å². The van der Waals surface area contributed by atoms with Crippen LogP contribution in [0.1, 0.15) is 6.42 Å². The van der Waals surface area contributed by atoms with Crippen LogP contribution in [0.5, 0.6) is 0 Å². The topological polar surface area (TPSA) is 44.4 Å². The number of alkyl halides is 1. The van der Waals surface area contributed by atoms with E-state index in [0.717, 1.165) is 6.54 Å². The first kappa shape index (κ1) is 11.4. The minimum atomic E-state index is -0.963. The molecule has 2 unspecified atom stereocenters. The van der Waals surface area contributed by atoms with Crippen LogP contribution in [0.15, 0.2) is 0 Å². The Kier molecular flexibility index (Phi) is 4.28. The molecule has 0 radical (unpaired) electrons. The van der Waals surface area contributed by atoms with Gasteiger partial charge in [-0.15, -0.1) is 0 Å². The Morgan fingerprint density at radius 1 is 1.64 bits per heavy atom. The molecule has 0 saturated carbocycles. The summed E-state index contributed by atoms with van der Waals surface area (Å²) in [6, 6.07) is -0.316. The van der Waals surface area contributed by atoms with E-state index in [4.69, 9.17) is 0 Å². The lowest BCUT2D eigenvalue weighted by atomic mass is 10.1. The van der Waals surface area contributed by atoms with Crippen molar-refractivity contribution in [2.45, 2.75) is 18.6 Å². The van der Waals surface area contributed by atoms with Crippen molar-refractivity contribution >= 4 is 5.91 Å². The van der Waals surface area contributed by atoms with Crippen molar-refractivity contribution in [3.63, 3.8) is 0 Å². The molecule has 2 atom stereocenters. The van der Waals surface area contributed by atoms with Gasteiger partial charge in [-0.25, -0.2) is 4.39 Å². The molecular formula is C9H18FN3O. The molecule has 0 aromatic rings. The molecule has 1 rings (SSSR count). The van der Waals surface area contributed by atoms with E-state index in [9.17, 15) is 9.18 Å². The zero-order chi connectivity index (χ0) is 10.6. The minimum Gasteiger partial charge on any atom is -0.349 e. The molecule has 14 heavy (non-hydrogen) atoms. The van der Waals surface area contributed by atoms with Crippen LogP contribution >= 0.6 is 0 Å². The predicted molar refractivity (Wildman–Crippen MR) is 52.9 cm³/mol. The highest BCUT2D eigenvalue weighted by Gasteiger charge is 2.25. The van der Waals surface area contributed by atoms with Gasteiger partial charge >= 0.3 is 0 Å². The van der Waals surface area contributed by atoms with Gasteiger partial charge in [-0.1, -0.05) is 0 Å². The van der Waals surface area contributed by atoms with Crippen LogP contribution in [0.2, 0.25) is 0 Å². The average Bonchev–Trinajstić information content (AvgIpc) is 2.07. The van der Waals surface area contributed by atoms with Gasteiger partial charge in [-0.3, -0.25) is 4.79 Å². The van der Waals surface area contributed by atoms with Crippen LogP contribution in [-0.4, -0.2) is 56.8 Å². The third-order valence-corrected chi connectivity index (χ3v) is 2.21. The first-order valence-corrected chi connectivity index (χ1v) is 4.88. The van der Waals surface area contributed by atoms with Crippen LogP contribution in [-0.2, 0) is 4.79 Å². The fourth-order valence-corrected chi connectivity index (χ4v) is 1.52. The van der Waals surface area contributed by atoms with Crippen LogP contribution in [0.25, 0.3) is 0 Å². The first-order chi connectivity index (χ1) is 6.59. The van der Waals surface area contributed by atoms with Gasteiger partial charge in [0.1, 0.15) is 6.17 Å². The SMILES string of the molecule is CN(C)CC(=O)NC1CCNCC1F. The molecule has 0 aromatic carbocycles. The number of amides is 1. The number of carbonyl (C=O) groups is 1. The second kappa shape index (κ2) is 5.26. The summed E-state index contributed by atoms with van der Waals surface area (Å²) in [7, 11) is 3.63. The highest BCUT2D eigenvalue weighted by Crippen LogP contribution is 2.06. The van der Waals surface area contributed by atoms with Crippen LogP contribution in [0, 0.1) is 0 Å². The van der Waals surface area contributed by atoms with E-state index < -0.39 is 6.17 Å². The van der Waals surface area contributed by atoms with Crippen molar-refractivity contribution in [1.29, 1.82) is 0 Å². The summed E-state index contributed by atoms with van der Waals surface area (Å²) in [5.74, 6) is -0.107. The summed E-state index contributed by atoms with van der Waals surface area (Å²) in [5.41, 5.74) is 0. The Morgan fingerprint density at radius 3 is 2.93 bits per heavy atom. The van der Waals surface area contributed by atoms with Crippen molar-refractivity contribution in [2.24, 2.45) is 0 Å². The second-order valence-corrected chi connectivity index (χ2v) is 3.92. The molecule has 1 heterocycles. The summed E-state index contributed by atoms with van der Waals surface area (Å²) in [6.07, 6.45) is -0.296. The smallest absolute Gasteiger partial charge is 0.234 e. The Bertz CT molecular complexity index is 198. The largest absolute Gasteiger partial charge is 0.349 e. The van der Waals surface area contributed by atoms with Gasteiger partial charge in [0.25, 0.3) is 0 Å². The van der Waals surface area contributed by atoms with Crippen LogP contribution < -0.4 is 10.6 Å². The van der Waals surface area contributed by atoms with Crippen LogP contribution in [0.4, 0.5) is 4.39 Å². The van der Waals surface area contributed by atoms with E-state index in [0.29, 0.717) is 19.5 Å². The summed E-state index contributed by atoms with van der Waals surface area (Å²) in [4.78, 5) is 13.1. The number of carbonyl (C=O) groups excluding carboxylic acids is 1. The quantitative estimate of drug-likeness (QED) is 0.641.